The van der Waals surface area contributed by atoms with Gasteiger partial charge < -0.3 is 29.6 Å². The topological polar surface area (TPSA) is 98.7 Å². The number of nitrogen functional groups attached to an aromatic ring is 1. The third kappa shape index (κ3) is 5.16. The van der Waals surface area contributed by atoms with Gasteiger partial charge in [0, 0.05) is 49.7 Å². The number of fused-ring (bicyclic) bond motifs is 1. The quantitative estimate of drug-likeness (QED) is 0.382. The molecule has 0 atom stereocenters. The van der Waals surface area contributed by atoms with Crippen LogP contribution in [-0.2, 0) is 4.74 Å². The Balaban J connectivity index is 1.24. The number of ether oxygens (including phenoxy) is 2. The van der Waals surface area contributed by atoms with Gasteiger partial charge in [-0.25, -0.2) is 14.8 Å². The van der Waals surface area contributed by atoms with Crippen LogP contribution in [0.2, 0.25) is 0 Å². The molecule has 1 amide bonds. The van der Waals surface area contributed by atoms with E-state index in [4.69, 9.17) is 20.2 Å². The summed E-state index contributed by atoms with van der Waals surface area (Å²) in [4.78, 5) is 25.2. The van der Waals surface area contributed by atoms with Gasteiger partial charge >= 0.3 is 6.09 Å². The van der Waals surface area contributed by atoms with Crippen LogP contribution in [-0.4, -0.2) is 58.3 Å². The largest absolute Gasteiger partial charge is 0.457 e. The predicted molar refractivity (Wildman–Crippen MR) is 145 cm³/mol. The summed E-state index contributed by atoms with van der Waals surface area (Å²) in [6, 6.07) is 17.9. The van der Waals surface area contributed by atoms with E-state index in [0.717, 1.165) is 46.9 Å². The molecule has 4 aromatic rings. The molecule has 0 unspecified atom stereocenters. The number of amides is 1. The van der Waals surface area contributed by atoms with Crippen LogP contribution in [0.5, 0.6) is 11.5 Å². The normalized spacial score (nSPS) is 13.8. The van der Waals surface area contributed by atoms with Crippen molar-refractivity contribution in [1.29, 1.82) is 0 Å². The van der Waals surface area contributed by atoms with Gasteiger partial charge in [0.25, 0.3) is 0 Å². The lowest BCUT2D eigenvalue weighted by molar-refractivity contribution is 0.105. The Hall–Kier alpha value is -4.27. The van der Waals surface area contributed by atoms with Crippen molar-refractivity contribution in [2.24, 2.45) is 0 Å². The van der Waals surface area contributed by atoms with Gasteiger partial charge in [0.1, 0.15) is 23.0 Å². The molecule has 2 aromatic carbocycles. The zero-order chi connectivity index (χ0) is 25.9. The summed E-state index contributed by atoms with van der Waals surface area (Å²) in [6.07, 6.45) is 1.76. The number of aromatic nitrogens is 3. The van der Waals surface area contributed by atoms with Crippen molar-refractivity contribution in [2.75, 3.05) is 43.4 Å². The number of anilines is 2. The zero-order valence-electron chi connectivity index (χ0n) is 21.4. The summed E-state index contributed by atoms with van der Waals surface area (Å²) in [5, 5.41) is 0.863. The maximum Gasteiger partial charge on any atom is 0.409 e. The van der Waals surface area contributed by atoms with Crippen molar-refractivity contribution < 1.29 is 14.3 Å². The number of nitrogens with two attached hydrogens (primary N) is 1. The van der Waals surface area contributed by atoms with Gasteiger partial charge in [0.05, 0.1) is 12.0 Å². The molecule has 1 aliphatic rings. The average molecular weight is 501 g/mol. The molecule has 3 heterocycles. The molecule has 0 aliphatic carbocycles. The van der Waals surface area contributed by atoms with Gasteiger partial charge in [-0.1, -0.05) is 0 Å². The van der Waals surface area contributed by atoms with Crippen LogP contribution < -0.4 is 15.4 Å². The van der Waals surface area contributed by atoms with E-state index in [1.165, 1.54) is 0 Å². The van der Waals surface area contributed by atoms with E-state index in [0.29, 0.717) is 31.3 Å². The van der Waals surface area contributed by atoms with Gasteiger partial charge in [-0.3, -0.25) is 0 Å². The van der Waals surface area contributed by atoms with Crippen LogP contribution in [0.4, 0.5) is 16.3 Å². The average Bonchev–Trinajstić information content (AvgIpc) is 3.35. The second-order valence-electron chi connectivity index (χ2n) is 9.28. The van der Waals surface area contributed by atoms with Crippen molar-refractivity contribution in [1.82, 2.24) is 19.4 Å². The van der Waals surface area contributed by atoms with E-state index in [2.05, 4.69) is 28.3 Å². The van der Waals surface area contributed by atoms with Crippen LogP contribution in [0.3, 0.4) is 0 Å². The third-order valence-electron chi connectivity index (χ3n) is 6.51. The minimum Gasteiger partial charge on any atom is -0.457 e. The van der Waals surface area contributed by atoms with E-state index in [1.807, 2.05) is 67.7 Å². The van der Waals surface area contributed by atoms with Crippen molar-refractivity contribution >= 4 is 28.6 Å². The number of carbonyl (C=O) groups is 1. The summed E-state index contributed by atoms with van der Waals surface area (Å²) < 4.78 is 13.3. The van der Waals surface area contributed by atoms with Crippen molar-refractivity contribution in [3.8, 4) is 22.9 Å². The minimum atomic E-state index is -0.238. The molecule has 9 heteroatoms. The Kier molecular flexibility index (Phi) is 6.85. The number of benzene rings is 2. The van der Waals surface area contributed by atoms with E-state index in [1.54, 1.807) is 4.90 Å². The van der Waals surface area contributed by atoms with Gasteiger partial charge in [-0.2, -0.15) is 0 Å². The molecule has 1 fully saturated rings. The molecule has 9 nitrogen and oxygen atoms in total. The van der Waals surface area contributed by atoms with Crippen LogP contribution in [0.1, 0.15) is 26.8 Å². The molecule has 0 spiro atoms. The fourth-order valence-electron chi connectivity index (χ4n) is 4.50. The Morgan fingerprint density at radius 1 is 0.946 bits per heavy atom. The first kappa shape index (κ1) is 24.4. The second-order valence-corrected chi connectivity index (χ2v) is 9.28. The van der Waals surface area contributed by atoms with Gasteiger partial charge in [0.15, 0.2) is 5.82 Å². The van der Waals surface area contributed by atoms with Gasteiger partial charge in [0.2, 0.25) is 0 Å². The number of piperazine rings is 1. The molecule has 5 rings (SSSR count). The Labute approximate surface area is 216 Å². The lowest BCUT2D eigenvalue weighted by Gasteiger charge is -2.35. The standard InChI is InChI=1S/C28H32N6O3/c1-4-36-28(35)33-17-15-32(16-18-33)21-7-11-23(12-8-21)37-22-9-5-20(6-10-22)26-30-25(29)24-13-14-34(19(2)3)27(24)31-26/h5-14,19H,4,15-18H2,1-3H3,(H2,29,30,31). The first-order valence-corrected chi connectivity index (χ1v) is 12.6. The Bertz CT molecular complexity index is 1370. The summed E-state index contributed by atoms with van der Waals surface area (Å²) >= 11 is 0. The minimum absolute atomic E-state index is 0.238. The molecule has 0 radical (unpaired) electrons. The summed E-state index contributed by atoms with van der Waals surface area (Å²) in [5.74, 6) is 2.53. The maximum atomic E-state index is 11.9. The first-order chi connectivity index (χ1) is 17.9. The highest BCUT2D eigenvalue weighted by molar-refractivity contribution is 5.88. The summed E-state index contributed by atoms with van der Waals surface area (Å²) in [7, 11) is 0. The number of hydrogen-bond donors (Lipinski definition) is 1. The third-order valence-corrected chi connectivity index (χ3v) is 6.51. The molecular weight excluding hydrogens is 468 g/mol. The smallest absolute Gasteiger partial charge is 0.409 e. The lowest BCUT2D eigenvalue weighted by atomic mass is 10.2. The number of nitrogens with zero attached hydrogens (tertiary/aromatic N) is 5. The summed E-state index contributed by atoms with van der Waals surface area (Å²) in [5.41, 5.74) is 9.03. The monoisotopic (exact) mass is 500 g/mol. The van der Waals surface area contributed by atoms with Crippen LogP contribution in [0.15, 0.2) is 60.8 Å². The molecule has 1 aliphatic heterocycles. The van der Waals surface area contributed by atoms with Gasteiger partial charge in [-0.15, -0.1) is 0 Å². The number of rotatable bonds is 6. The zero-order valence-corrected chi connectivity index (χ0v) is 21.4. The highest BCUT2D eigenvalue weighted by Crippen LogP contribution is 2.29. The van der Waals surface area contributed by atoms with E-state index in [-0.39, 0.29) is 12.1 Å². The lowest BCUT2D eigenvalue weighted by Crippen LogP contribution is -2.48. The molecule has 2 aromatic heterocycles. The molecule has 0 saturated carbocycles. The fraction of sp³-hybridized carbons (Fsp3) is 0.321. The number of carbonyl (C=O) groups excluding carboxylic acids is 1. The fourth-order valence-corrected chi connectivity index (χ4v) is 4.50. The van der Waals surface area contributed by atoms with Crippen molar-refractivity contribution in [2.45, 2.75) is 26.8 Å². The second kappa shape index (κ2) is 10.4. The highest BCUT2D eigenvalue weighted by Gasteiger charge is 2.22. The van der Waals surface area contributed by atoms with Crippen molar-refractivity contribution in [3.63, 3.8) is 0 Å². The first-order valence-electron chi connectivity index (χ1n) is 12.6. The van der Waals surface area contributed by atoms with Crippen LogP contribution in [0.25, 0.3) is 22.4 Å². The molecule has 37 heavy (non-hydrogen) atoms. The van der Waals surface area contributed by atoms with E-state index >= 15 is 0 Å². The van der Waals surface area contributed by atoms with Crippen LogP contribution in [0, 0.1) is 0 Å². The Morgan fingerprint density at radius 2 is 1.59 bits per heavy atom. The molecule has 0 bridgehead atoms. The molecule has 1 saturated heterocycles. The predicted octanol–water partition coefficient (Wildman–Crippen LogP) is 5.33. The molecular formula is C28H32N6O3. The SMILES string of the molecule is CCOC(=O)N1CCN(c2ccc(Oc3ccc(-c4nc(N)c5ccn(C(C)C)c5n4)cc3)cc2)CC1. The molecule has 192 valence electrons. The highest BCUT2D eigenvalue weighted by atomic mass is 16.6. The van der Waals surface area contributed by atoms with Crippen molar-refractivity contribution in [3.05, 3.63) is 60.8 Å². The van der Waals surface area contributed by atoms with E-state index in [9.17, 15) is 4.79 Å². The summed E-state index contributed by atoms with van der Waals surface area (Å²) in [6.45, 7) is 9.27. The number of hydrogen-bond acceptors (Lipinski definition) is 7. The molecule has 2 N–H and O–H groups in total. The van der Waals surface area contributed by atoms with E-state index < -0.39 is 0 Å². The van der Waals surface area contributed by atoms with Crippen LogP contribution >= 0.6 is 0 Å². The van der Waals surface area contributed by atoms with Gasteiger partial charge in [-0.05, 0) is 75.4 Å². The maximum absolute atomic E-state index is 11.9. The Morgan fingerprint density at radius 3 is 2.22 bits per heavy atom.